The third-order valence-corrected chi connectivity index (χ3v) is 9.95. The van der Waals surface area contributed by atoms with Gasteiger partial charge in [-0.2, -0.15) is 0 Å². The fourth-order valence-corrected chi connectivity index (χ4v) is 6.71. The molecule has 20 nitrogen and oxygen atoms in total. The van der Waals surface area contributed by atoms with Gasteiger partial charge in [0, 0.05) is 61.1 Å². The van der Waals surface area contributed by atoms with Gasteiger partial charge in [-0.15, -0.1) is 0 Å². The van der Waals surface area contributed by atoms with E-state index >= 15 is 0 Å². The number of piperazine rings is 1. The molecule has 1 aliphatic rings. The Hall–Kier alpha value is -5.71. The lowest BCUT2D eigenvalue weighted by Crippen LogP contribution is -2.52. The molecule has 1 saturated heterocycles. The lowest BCUT2D eigenvalue weighted by atomic mass is 10.1. The van der Waals surface area contributed by atoms with Crippen LogP contribution in [0.1, 0.15) is 20.7 Å². The summed E-state index contributed by atoms with van der Waals surface area (Å²) in [5, 5.41) is 25.6. The van der Waals surface area contributed by atoms with E-state index in [9.17, 15) is 34.6 Å². The van der Waals surface area contributed by atoms with Crippen molar-refractivity contribution < 1.29 is 57.4 Å². The van der Waals surface area contributed by atoms with E-state index in [-0.39, 0.29) is 81.1 Å². The van der Waals surface area contributed by atoms with Crippen LogP contribution >= 0.6 is 15.9 Å². The number of hydrogen-bond acceptors (Lipinski definition) is 15. The normalized spacial score (nSPS) is 12.7. The Bertz CT molecular complexity index is 2090. The number of anilines is 1. The van der Waals surface area contributed by atoms with Crippen molar-refractivity contribution in [3.8, 4) is 11.5 Å². The van der Waals surface area contributed by atoms with Crippen molar-refractivity contribution in [1.29, 1.82) is 0 Å². The van der Waals surface area contributed by atoms with Crippen molar-refractivity contribution in [2.45, 2.75) is 0 Å². The SMILES string of the molecule is COc1ccc(Br)c2[nH]cc(C(=O)C(=O)N3CCN(C(=O)c4cccc(OCCOCCOCCOCCOCCOCCNc5c([N+](=O)[O-])cccc5[N+](=O)[O-])c4)CC3)c12. The summed E-state index contributed by atoms with van der Waals surface area (Å²) in [4.78, 5) is 67.0. The van der Waals surface area contributed by atoms with E-state index in [2.05, 4.69) is 26.2 Å². The first-order chi connectivity index (χ1) is 29.6. The Morgan fingerprint density at radius 1 is 0.738 bits per heavy atom. The number of nitro benzene ring substituents is 2. The van der Waals surface area contributed by atoms with Crippen LogP contribution in [-0.4, -0.2) is 155 Å². The summed E-state index contributed by atoms with van der Waals surface area (Å²) in [7, 11) is 1.50. The highest BCUT2D eigenvalue weighted by atomic mass is 79.9. The molecule has 4 aromatic rings. The molecule has 0 radical (unpaired) electrons. The van der Waals surface area contributed by atoms with E-state index in [1.807, 2.05) is 0 Å². The molecule has 21 heteroatoms. The third-order valence-electron chi connectivity index (χ3n) is 9.29. The number of aromatic amines is 1. The molecule has 2 amide bonds. The number of nitro groups is 2. The summed E-state index contributed by atoms with van der Waals surface area (Å²) in [6.07, 6.45) is 1.51. The number of carbonyl (C=O) groups is 3. The number of nitrogens with zero attached hydrogens (tertiary/aromatic N) is 4. The molecule has 328 valence electrons. The lowest BCUT2D eigenvalue weighted by Gasteiger charge is -2.34. The van der Waals surface area contributed by atoms with Gasteiger partial charge < -0.3 is 53.3 Å². The number of Topliss-reactive ketones (excluding diaryl/α,β-unsaturated/α-hetero) is 1. The van der Waals surface area contributed by atoms with Crippen LogP contribution in [0.2, 0.25) is 0 Å². The van der Waals surface area contributed by atoms with E-state index in [4.69, 9.17) is 33.2 Å². The van der Waals surface area contributed by atoms with Gasteiger partial charge in [0.05, 0.1) is 99.5 Å². The largest absolute Gasteiger partial charge is 0.496 e. The van der Waals surface area contributed by atoms with Crippen molar-refractivity contribution in [3.63, 3.8) is 0 Å². The van der Waals surface area contributed by atoms with Crippen molar-refractivity contribution in [2.75, 3.05) is 118 Å². The number of ether oxygens (including phenoxy) is 7. The third kappa shape index (κ3) is 13.1. The minimum Gasteiger partial charge on any atom is -0.496 e. The number of halogens is 1. The maximum Gasteiger partial charge on any atom is 0.299 e. The van der Waals surface area contributed by atoms with Gasteiger partial charge >= 0.3 is 0 Å². The maximum atomic E-state index is 13.3. The standard InChI is InChI=1S/C40H47BrN6O14/c1-55-34-9-8-31(41)36-35(34)30(27-43-36)38(48)40(50)45-13-11-44(12-14-45)39(49)28-4-2-5-29(26-28)61-25-24-60-23-22-59-21-20-58-19-18-57-17-16-56-15-10-42-37-32(46(51)52)6-3-7-33(37)47(53)54/h2-9,26-27,42-43H,10-25H2,1H3. The zero-order chi connectivity index (χ0) is 43.6. The number of aromatic nitrogens is 1. The van der Waals surface area contributed by atoms with Crippen molar-refractivity contribution in [2.24, 2.45) is 0 Å². The number of rotatable bonds is 26. The van der Waals surface area contributed by atoms with E-state index in [0.717, 1.165) is 4.47 Å². The molecule has 61 heavy (non-hydrogen) atoms. The van der Waals surface area contributed by atoms with Gasteiger partial charge in [-0.3, -0.25) is 34.6 Å². The summed E-state index contributed by atoms with van der Waals surface area (Å²) in [5.74, 6) is -0.501. The average Bonchev–Trinajstić information content (AvgIpc) is 3.73. The Kier molecular flexibility index (Phi) is 18.2. The topological polar surface area (TPSA) is 236 Å². The highest BCUT2D eigenvalue weighted by Gasteiger charge is 2.31. The number of nitrogens with one attached hydrogen (secondary N) is 2. The van der Waals surface area contributed by atoms with Crippen LogP contribution in [0, 0.1) is 20.2 Å². The summed E-state index contributed by atoms with van der Waals surface area (Å²) < 4.78 is 39.4. The van der Waals surface area contributed by atoms with Gasteiger partial charge in [0.15, 0.2) is 5.69 Å². The Balaban J connectivity index is 0.857. The Labute approximate surface area is 358 Å². The number of hydrogen-bond donors (Lipinski definition) is 2. The number of carbonyl (C=O) groups excluding carboxylic acids is 3. The van der Waals surface area contributed by atoms with Gasteiger partial charge in [0.2, 0.25) is 0 Å². The zero-order valence-electron chi connectivity index (χ0n) is 33.5. The Morgan fingerprint density at radius 3 is 1.85 bits per heavy atom. The van der Waals surface area contributed by atoms with Crippen LogP contribution in [0.3, 0.4) is 0 Å². The van der Waals surface area contributed by atoms with Gasteiger partial charge in [-0.05, 0) is 52.3 Å². The second kappa shape index (κ2) is 23.9. The van der Waals surface area contributed by atoms with E-state index in [0.29, 0.717) is 80.8 Å². The number of amides is 2. The molecule has 0 aliphatic carbocycles. The van der Waals surface area contributed by atoms with Crippen molar-refractivity contribution in [1.82, 2.24) is 14.8 Å². The molecule has 0 spiro atoms. The summed E-state index contributed by atoms with van der Waals surface area (Å²) in [6.45, 7) is 4.57. The fraction of sp³-hybridized carbons (Fsp3) is 0.425. The van der Waals surface area contributed by atoms with Crippen LogP contribution < -0.4 is 14.8 Å². The zero-order valence-corrected chi connectivity index (χ0v) is 35.1. The molecule has 1 aliphatic heterocycles. The van der Waals surface area contributed by atoms with Gasteiger partial charge in [0.25, 0.3) is 29.0 Å². The number of H-pyrrole nitrogens is 1. The van der Waals surface area contributed by atoms with E-state index < -0.39 is 21.5 Å². The van der Waals surface area contributed by atoms with Crippen molar-refractivity contribution >= 4 is 61.5 Å². The number of para-hydroxylation sites is 1. The molecule has 5 rings (SSSR count). The predicted molar refractivity (Wildman–Crippen MR) is 224 cm³/mol. The molecule has 2 N–H and O–H groups in total. The van der Waals surface area contributed by atoms with Crippen LogP contribution in [0.25, 0.3) is 10.9 Å². The molecule has 2 heterocycles. The van der Waals surface area contributed by atoms with Crippen LogP contribution in [0.15, 0.2) is 65.3 Å². The molecule has 1 aromatic heterocycles. The molecule has 1 fully saturated rings. The number of ketones is 1. The monoisotopic (exact) mass is 914 g/mol. The molecule has 0 atom stereocenters. The summed E-state index contributed by atoms with van der Waals surface area (Å²) in [6, 6.07) is 14.0. The van der Waals surface area contributed by atoms with Gasteiger partial charge in [-0.1, -0.05) is 6.07 Å². The lowest BCUT2D eigenvalue weighted by molar-refractivity contribution is -0.392. The maximum absolute atomic E-state index is 13.3. The smallest absolute Gasteiger partial charge is 0.299 e. The Morgan fingerprint density at radius 2 is 1.28 bits per heavy atom. The molecule has 0 bridgehead atoms. The molecular weight excluding hydrogens is 868 g/mol. The van der Waals surface area contributed by atoms with Gasteiger partial charge in [0.1, 0.15) is 18.1 Å². The first-order valence-electron chi connectivity index (χ1n) is 19.3. The first kappa shape index (κ1) is 46.4. The summed E-state index contributed by atoms with van der Waals surface area (Å²) >= 11 is 3.46. The van der Waals surface area contributed by atoms with Gasteiger partial charge in [-0.25, -0.2) is 0 Å². The molecule has 0 saturated carbocycles. The minimum absolute atomic E-state index is 0.135. The van der Waals surface area contributed by atoms with E-state index in [1.54, 1.807) is 41.3 Å². The average molecular weight is 916 g/mol. The fourth-order valence-electron chi connectivity index (χ4n) is 6.27. The summed E-state index contributed by atoms with van der Waals surface area (Å²) in [5.41, 5.74) is 0.399. The first-order valence-corrected chi connectivity index (χ1v) is 20.1. The number of methoxy groups -OCH3 is 1. The predicted octanol–water partition coefficient (Wildman–Crippen LogP) is 4.50. The van der Waals surface area contributed by atoms with Crippen LogP contribution in [0.4, 0.5) is 17.1 Å². The number of fused-ring (bicyclic) bond motifs is 1. The minimum atomic E-state index is -0.682. The van der Waals surface area contributed by atoms with Crippen LogP contribution in [-0.2, 0) is 28.5 Å². The quantitative estimate of drug-likeness (QED) is 0.0290. The highest BCUT2D eigenvalue weighted by molar-refractivity contribution is 9.10. The second-order valence-electron chi connectivity index (χ2n) is 13.2. The second-order valence-corrected chi connectivity index (χ2v) is 14.0. The highest BCUT2D eigenvalue weighted by Crippen LogP contribution is 2.35. The molecule has 3 aromatic carbocycles. The van der Waals surface area contributed by atoms with E-state index in [1.165, 1.54) is 36.4 Å². The van der Waals surface area contributed by atoms with Crippen molar-refractivity contribution in [3.05, 3.63) is 96.6 Å². The molecule has 0 unspecified atom stereocenters. The molecular formula is C40H47BrN6O14. The number of benzene rings is 3. The van der Waals surface area contributed by atoms with Crippen LogP contribution in [0.5, 0.6) is 11.5 Å².